The van der Waals surface area contributed by atoms with Gasteiger partial charge in [-0.05, 0) is 25.1 Å². The molecule has 0 radical (unpaired) electrons. The van der Waals surface area contributed by atoms with Gasteiger partial charge in [-0.25, -0.2) is 9.37 Å². The van der Waals surface area contributed by atoms with Gasteiger partial charge in [0.2, 0.25) is 11.8 Å². The minimum absolute atomic E-state index is 0.0634. The molecular formula is C17H20FN3O3. The van der Waals surface area contributed by atoms with Crippen LogP contribution in [0.4, 0.5) is 4.39 Å². The summed E-state index contributed by atoms with van der Waals surface area (Å²) >= 11 is 0. The molecule has 1 fully saturated rings. The predicted octanol–water partition coefficient (Wildman–Crippen LogP) is 2.12. The Morgan fingerprint density at radius 2 is 2.25 bits per heavy atom. The van der Waals surface area contributed by atoms with Crippen LogP contribution in [0.5, 0.6) is 5.75 Å². The van der Waals surface area contributed by atoms with Crippen LogP contribution in [0, 0.1) is 12.7 Å². The van der Waals surface area contributed by atoms with Gasteiger partial charge in [0.1, 0.15) is 17.3 Å². The lowest BCUT2D eigenvalue weighted by atomic mass is 10.2. The average Bonchev–Trinajstić information content (AvgIpc) is 2.80. The van der Waals surface area contributed by atoms with Crippen molar-refractivity contribution < 1.29 is 18.3 Å². The van der Waals surface area contributed by atoms with Crippen LogP contribution in [-0.4, -0.2) is 42.5 Å². The molecule has 1 saturated heterocycles. The molecule has 1 aliphatic heterocycles. The zero-order valence-corrected chi connectivity index (χ0v) is 13.8. The molecule has 1 aliphatic rings. The zero-order valence-electron chi connectivity index (χ0n) is 13.8. The number of rotatable bonds is 4. The van der Waals surface area contributed by atoms with Gasteiger partial charge in [-0.2, -0.15) is 0 Å². The van der Waals surface area contributed by atoms with Crippen molar-refractivity contribution >= 4 is 5.91 Å². The van der Waals surface area contributed by atoms with Gasteiger partial charge >= 0.3 is 0 Å². The summed E-state index contributed by atoms with van der Waals surface area (Å²) in [6.45, 7) is 4.41. The van der Waals surface area contributed by atoms with Crippen LogP contribution in [0.3, 0.4) is 0 Å². The van der Waals surface area contributed by atoms with Crippen LogP contribution in [0.1, 0.15) is 17.9 Å². The molecule has 0 unspecified atom stereocenters. The second-order valence-corrected chi connectivity index (χ2v) is 5.74. The summed E-state index contributed by atoms with van der Waals surface area (Å²) in [6.07, 6.45) is 0.467. The van der Waals surface area contributed by atoms with Crippen LogP contribution in [-0.2, 0) is 11.3 Å². The number of aromatic nitrogens is 1. The third-order valence-electron chi connectivity index (χ3n) is 4.08. The topological polar surface area (TPSA) is 67.6 Å². The van der Waals surface area contributed by atoms with E-state index in [1.807, 2.05) is 6.92 Å². The monoisotopic (exact) mass is 333 g/mol. The van der Waals surface area contributed by atoms with E-state index in [0.29, 0.717) is 37.6 Å². The fourth-order valence-corrected chi connectivity index (χ4v) is 2.67. The molecule has 1 N–H and O–H groups in total. The Labute approximate surface area is 139 Å². The summed E-state index contributed by atoms with van der Waals surface area (Å²) in [7, 11) is 1.53. The average molecular weight is 333 g/mol. The molecule has 0 spiro atoms. The first-order chi connectivity index (χ1) is 11.6. The Morgan fingerprint density at radius 1 is 1.42 bits per heavy atom. The number of carbonyl (C=O) groups is 1. The van der Waals surface area contributed by atoms with E-state index in [0.717, 1.165) is 12.2 Å². The van der Waals surface area contributed by atoms with Crippen molar-refractivity contribution in [1.82, 2.24) is 15.2 Å². The van der Waals surface area contributed by atoms with E-state index in [4.69, 9.17) is 9.15 Å². The van der Waals surface area contributed by atoms with Crippen LogP contribution in [0.25, 0.3) is 11.5 Å². The lowest BCUT2D eigenvalue weighted by Gasteiger charge is -2.17. The number of aryl methyl sites for hydroxylation is 1. The number of nitrogens with zero attached hydrogens (tertiary/aromatic N) is 2. The lowest BCUT2D eigenvalue weighted by molar-refractivity contribution is -0.120. The molecule has 24 heavy (non-hydrogen) atoms. The van der Waals surface area contributed by atoms with E-state index in [1.54, 1.807) is 12.1 Å². The highest BCUT2D eigenvalue weighted by Crippen LogP contribution is 2.28. The maximum Gasteiger partial charge on any atom is 0.229 e. The van der Waals surface area contributed by atoms with Crippen LogP contribution >= 0.6 is 0 Å². The van der Waals surface area contributed by atoms with Crippen LogP contribution in [0.2, 0.25) is 0 Å². The Hall–Kier alpha value is -2.41. The van der Waals surface area contributed by atoms with Crippen molar-refractivity contribution in [3.8, 4) is 17.2 Å². The van der Waals surface area contributed by atoms with E-state index in [1.165, 1.54) is 13.2 Å². The fraction of sp³-hybridized carbons (Fsp3) is 0.412. The van der Waals surface area contributed by atoms with Gasteiger partial charge in [-0.3, -0.25) is 9.69 Å². The molecule has 7 heteroatoms. The Balaban J connectivity index is 1.81. The molecule has 0 aliphatic carbocycles. The van der Waals surface area contributed by atoms with E-state index in [2.05, 4.69) is 15.2 Å². The maximum atomic E-state index is 14.1. The van der Waals surface area contributed by atoms with Crippen LogP contribution < -0.4 is 10.1 Å². The number of benzene rings is 1. The zero-order chi connectivity index (χ0) is 17.1. The highest BCUT2D eigenvalue weighted by atomic mass is 19.1. The predicted molar refractivity (Wildman–Crippen MR) is 86.1 cm³/mol. The number of hydrogen-bond acceptors (Lipinski definition) is 5. The summed E-state index contributed by atoms with van der Waals surface area (Å²) in [4.78, 5) is 18.0. The summed E-state index contributed by atoms with van der Waals surface area (Å²) in [6, 6.07) is 4.45. The number of nitrogens with one attached hydrogen (secondary N) is 1. The molecule has 0 atom stereocenters. The molecule has 2 aromatic rings. The van der Waals surface area contributed by atoms with Gasteiger partial charge in [0, 0.05) is 32.6 Å². The van der Waals surface area contributed by atoms with Gasteiger partial charge in [0.15, 0.2) is 0 Å². The third kappa shape index (κ3) is 3.56. The van der Waals surface area contributed by atoms with Gasteiger partial charge < -0.3 is 14.5 Å². The molecule has 1 aromatic carbocycles. The molecule has 128 valence electrons. The number of oxazole rings is 1. The minimum Gasteiger partial charge on any atom is -0.497 e. The van der Waals surface area contributed by atoms with Crippen molar-refractivity contribution in [3.05, 3.63) is 35.5 Å². The number of halogens is 1. The fourth-order valence-electron chi connectivity index (χ4n) is 2.67. The molecule has 2 heterocycles. The summed E-state index contributed by atoms with van der Waals surface area (Å²) in [5.74, 6) is 1.08. The van der Waals surface area contributed by atoms with E-state index in [9.17, 15) is 9.18 Å². The first-order valence-corrected chi connectivity index (χ1v) is 7.86. The molecule has 1 amide bonds. The smallest absolute Gasteiger partial charge is 0.229 e. The van der Waals surface area contributed by atoms with E-state index >= 15 is 0 Å². The summed E-state index contributed by atoms with van der Waals surface area (Å²) in [5.41, 5.74) is 1.03. The Morgan fingerprint density at radius 3 is 3.04 bits per heavy atom. The third-order valence-corrected chi connectivity index (χ3v) is 4.08. The second-order valence-electron chi connectivity index (χ2n) is 5.74. The van der Waals surface area contributed by atoms with Gasteiger partial charge in [-0.15, -0.1) is 0 Å². The number of amides is 1. The van der Waals surface area contributed by atoms with Crippen LogP contribution in [0.15, 0.2) is 22.6 Å². The second kappa shape index (κ2) is 7.00. The SMILES string of the molecule is COc1ccc(F)c(-c2nc(CN3CCNC(=O)CC3)c(C)o2)c1. The molecule has 0 bridgehead atoms. The van der Waals surface area contributed by atoms with Crippen molar-refractivity contribution in [2.24, 2.45) is 0 Å². The summed E-state index contributed by atoms with van der Waals surface area (Å²) < 4.78 is 24.9. The number of ether oxygens (including phenoxy) is 1. The number of methoxy groups -OCH3 is 1. The maximum absolute atomic E-state index is 14.1. The largest absolute Gasteiger partial charge is 0.497 e. The number of carbonyl (C=O) groups excluding carboxylic acids is 1. The van der Waals surface area contributed by atoms with E-state index in [-0.39, 0.29) is 17.4 Å². The highest BCUT2D eigenvalue weighted by Gasteiger charge is 2.19. The van der Waals surface area contributed by atoms with Gasteiger partial charge in [0.25, 0.3) is 0 Å². The standard InChI is InChI=1S/C17H20FN3O3/c1-11-15(10-21-7-5-16(22)19-6-8-21)20-17(24-11)13-9-12(23-2)3-4-14(13)18/h3-4,9H,5-8,10H2,1-2H3,(H,19,22). The lowest BCUT2D eigenvalue weighted by Crippen LogP contribution is -2.28. The Bertz CT molecular complexity index is 745. The molecule has 3 rings (SSSR count). The van der Waals surface area contributed by atoms with Crippen molar-refractivity contribution in [1.29, 1.82) is 0 Å². The number of hydrogen-bond donors (Lipinski definition) is 1. The van der Waals surface area contributed by atoms with E-state index < -0.39 is 5.82 Å². The molecule has 1 aromatic heterocycles. The minimum atomic E-state index is -0.409. The molecule has 0 saturated carbocycles. The van der Waals surface area contributed by atoms with Crippen molar-refractivity contribution in [3.63, 3.8) is 0 Å². The molecular weight excluding hydrogens is 313 g/mol. The highest BCUT2D eigenvalue weighted by molar-refractivity contribution is 5.76. The van der Waals surface area contributed by atoms with Gasteiger partial charge in [-0.1, -0.05) is 0 Å². The molecule has 6 nitrogen and oxygen atoms in total. The first-order valence-electron chi connectivity index (χ1n) is 7.86. The normalized spacial score (nSPS) is 15.9. The Kier molecular flexibility index (Phi) is 4.80. The van der Waals surface area contributed by atoms with Gasteiger partial charge in [0.05, 0.1) is 18.4 Å². The summed E-state index contributed by atoms with van der Waals surface area (Å²) in [5, 5.41) is 2.84. The van der Waals surface area contributed by atoms with Crippen molar-refractivity contribution in [2.45, 2.75) is 19.9 Å². The first kappa shape index (κ1) is 16.4. The quantitative estimate of drug-likeness (QED) is 0.928. The van der Waals surface area contributed by atoms with Crippen molar-refractivity contribution in [2.75, 3.05) is 26.7 Å².